The highest BCUT2D eigenvalue weighted by Gasteiger charge is 2.47. The van der Waals surface area contributed by atoms with Crippen LogP contribution in [0, 0.1) is 11.3 Å². The molecule has 7 unspecified atom stereocenters. The number of hydrogen-bond acceptors (Lipinski definition) is 23. The number of thioether (sulfide) groups is 1. The number of fused-ring (bicyclic) bond motifs is 1. The number of nitrogens with one attached hydrogen (secondary N) is 2. The normalized spacial score (nSPS) is 22.5. The fraction of sp³-hybridized carbons (Fsp3) is 0.692. The lowest BCUT2D eigenvalue weighted by Gasteiger charge is -2.36. The number of rotatable bonds is 21. The van der Waals surface area contributed by atoms with Crippen LogP contribution in [-0.2, 0) is 50.7 Å². The second kappa shape index (κ2) is 19.3. The molecule has 1 fully saturated rings. The number of phosphoric acid groups is 3. The number of aromatic nitrogens is 4. The van der Waals surface area contributed by atoms with Gasteiger partial charge in [-0.25, -0.2) is 19.3 Å². The number of nitrogens with zero attached hydrogens (tertiary/aromatic N) is 4. The highest BCUT2D eigenvalue weighted by atomic mass is 32.2. The van der Waals surface area contributed by atoms with E-state index in [4.69, 9.17) is 10.5 Å². The Kier molecular flexibility index (Phi) is 16.5. The Balaban J connectivity index is 1.50. The van der Waals surface area contributed by atoms with Gasteiger partial charge in [-0.2, -0.15) is 0 Å². The monoisotopic (exact) mass is 863 g/mol. The molecule has 1 aliphatic heterocycles. The summed E-state index contributed by atoms with van der Waals surface area (Å²) in [6, 6.07) is 0. The Bertz CT molecular complexity index is 1810. The first-order valence-corrected chi connectivity index (χ1v) is 21.4. The Labute approximate surface area is 317 Å². The first-order chi connectivity index (χ1) is 25.3. The van der Waals surface area contributed by atoms with Crippen LogP contribution in [-0.4, -0.2) is 114 Å². The largest absolute Gasteiger partial charge is 0.790 e. The van der Waals surface area contributed by atoms with Gasteiger partial charge in [-0.05, 0) is 5.92 Å². The molecule has 3 rings (SSSR count). The van der Waals surface area contributed by atoms with Crippen LogP contribution in [0.3, 0.4) is 0 Å². The second-order valence-electron chi connectivity index (χ2n) is 12.8. The lowest BCUT2D eigenvalue weighted by molar-refractivity contribution is -0.347. The van der Waals surface area contributed by atoms with Crippen LogP contribution in [0.4, 0.5) is 5.82 Å². The summed E-state index contributed by atoms with van der Waals surface area (Å²) in [5, 5.41) is 35.3. The summed E-state index contributed by atoms with van der Waals surface area (Å²) in [6.45, 7) is 3.26. The molecule has 0 spiro atoms. The molecule has 1 saturated heterocycles. The van der Waals surface area contributed by atoms with Crippen molar-refractivity contribution in [3.8, 4) is 0 Å². The molecule has 3 heterocycles. The van der Waals surface area contributed by atoms with Crippen molar-refractivity contribution in [2.24, 2.45) is 11.3 Å². The molecule has 8 atom stereocenters. The predicted molar refractivity (Wildman–Crippen MR) is 179 cm³/mol. The highest BCUT2D eigenvalue weighted by Crippen LogP contribution is 2.56. The maximum atomic E-state index is 12.5. The number of nitrogens with two attached hydrogens (primary N) is 1. The van der Waals surface area contributed by atoms with Gasteiger partial charge in [-0.1, -0.05) is 39.5 Å². The van der Waals surface area contributed by atoms with Gasteiger partial charge in [0.1, 0.15) is 42.4 Å². The first kappa shape index (κ1) is 46.9. The summed E-state index contributed by atoms with van der Waals surface area (Å²) >= 11 is 0.845. The molecule has 0 aromatic carbocycles. The Morgan fingerprint density at radius 3 is 2.35 bits per heavy atom. The van der Waals surface area contributed by atoms with Gasteiger partial charge in [-0.3, -0.25) is 28.1 Å². The minimum Gasteiger partial charge on any atom is -0.790 e. The van der Waals surface area contributed by atoms with E-state index in [2.05, 4.69) is 43.5 Å². The average Bonchev–Trinajstić information content (AvgIpc) is 3.64. The van der Waals surface area contributed by atoms with E-state index < -0.39 is 95.8 Å². The molecule has 7 N–H and O–H groups in total. The zero-order chi connectivity index (χ0) is 41.5. The van der Waals surface area contributed by atoms with Crippen molar-refractivity contribution in [2.45, 2.75) is 70.9 Å². The Morgan fingerprint density at radius 1 is 1.05 bits per heavy atom. The maximum absolute atomic E-state index is 12.5. The first-order valence-electron chi connectivity index (χ1n) is 16.0. The van der Waals surface area contributed by atoms with E-state index >= 15 is 0 Å². The number of imidazole rings is 1. The van der Waals surface area contributed by atoms with Gasteiger partial charge < -0.3 is 74.1 Å². The zero-order valence-electron chi connectivity index (χ0n) is 29.5. The van der Waals surface area contributed by atoms with Crippen molar-refractivity contribution in [3.05, 3.63) is 12.7 Å². The van der Waals surface area contributed by atoms with Crippen LogP contribution < -0.4 is 35.9 Å². The second-order valence-corrected chi connectivity index (χ2v) is 18.0. The number of carbonyl (C=O) groups excluding carboxylic acids is 3. The summed E-state index contributed by atoms with van der Waals surface area (Å²) in [4.78, 5) is 95.6. The van der Waals surface area contributed by atoms with Gasteiger partial charge in [0.2, 0.25) is 16.9 Å². The topological polar surface area (TPSA) is 395 Å². The number of hydrogen-bond donors (Lipinski definition) is 6. The number of nitrogen functional groups attached to an aromatic ring is 1. The van der Waals surface area contributed by atoms with Gasteiger partial charge in [0.25, 0.3) is 15.6 Å². The molecule has 0 bridgehead atoms. The van der Waals surface area contributed by atoms with E-state index in [9.17, 15) is 63.0 Å². The smallest absolute Gasteiger partial charge is 0.274 e. The number of anilines is 1. The van der Waals surface area contributed by atoms with Crippen molar-refractivity contribution in [1.82, 2.24) is 30.2 Å². The number of phosphoric ester groups is 3. The van der Waals surface area contributed by atoms with Crippen LogP contribution in [0.2, 0.25) is 0 Å². The minimum absolute atomic E-state index is 0.0266. The van der Waals surface area contributed by atoms with Crippen molar-refractivity contribution in [3.63, 3.8) is 0 Å². The number of aliphatic hydroxyl groups is 3. The molecule has 29 heteroatoms. The molecular formula is C26H40N7O18P3S-4. The van der Waals surface area contributed by atoms with Crippen LogP contribution in [0.15, 0.2) is 12.7 Å². The fourth-order valence-electron chi connectivity index (χ4n) is 4.62. The average molecular weight is 864 g/mol. The third-order valence-electron chi connectivity index (χ3n) is 7.59. The van der Waals surface area contributed by atoms with Gasteiger partial charge in [0.15, 0.2) is 17.7 Å². The third kappa shape index (κ3) is 13.8. The van der Waals surface area contributed by atoms with E-state index in [1.54, 1.807) is 13.8 Å². The molecular weight excluding hydrogens is 823 g/mol. The number of aliphatic hydroxyl groups excluding tert-OH is 3. The lowest BCUT2D eigenvalue weighted by Crippen LogP contribution is -2.46. The van der Waals surface area contributed by atoms with Crippen molar-refractivity contribution >= 4 is 69.1 Å². The van der Waals surface area contributed by atoms with Gasteiger partial charge >= 0.3 is 0 Å². The number of ether oxygens (including phenoxy) is 1. The quantitative estimate of drug-likeness (QED) is 0.0517. The van der Waals surface area contributed by atoms with Crippen LogP contribution >= 0.6 is 35.2 Å². The molecule has 1 aliphatic rings. The Hall–Kier alpha value is -2.48. The molecule has 312 valence electrons. The minimum atomic E-state index is -5.92. The van der Waals surface area contributed by atoms with E-state index in [-0.39, 0.29) is 48.2 Å². The summed E-state index contributed by atoms with van der Waals surface area (Å²) < 4.78 is 60.4. The van der Waals surface area contributed by atoms with Crippen LogP contribution in [0.25, 0.3) is 11.2 Å². The SMILES string of the molecule is CC(C)[C@@H](O)C(=O)SCCNC(=O)CCNC(=O)C(O)C(C)(C)COP(=O)([O-])OP(=O)([O-])OCC1OC(n2cnc3c(N)ncnc32)C(O)C1OP(=O)([O-])[O-]. The van der Waals surface area contributed by atoms with Crippen LogP contribution in [0.5, 0.6) is 0 Å². The van der Waals surface area contributed by atoms with Crippen molar-refractivity contribution < 1.29 is 85.6 Å². The predicted octanol–water partition coefficient (Wildman–Crippen LogP) is -3.85. The molecule has 0 aliphatic carbocycles. The summed E-state index contributed by atoms with van der Waals surface area (Å²) in [7, 11) is -17.6. The van der Waals surface area contributed by atoms with Crippen LogP contribution in [0.1, 0.15) is 40.3 Å². The molecule has 55 heavy (non-hydrogen) atoms. The molecule has 0 saturated carbocycles. The number of carbonyl (C=O) groups is 3. The van der Waals surface area contributed by atoms with Gasteiger partial charge in [-0.15, -0.1) is 0 Å². The Morgan fingerprint density at radius 2 is 1.71 bits per heavy atom. The van der Waals surface area contributed by atoms with E-state index in [1.807, 2.05) is 0 Å². The molecule has 2 aromatic rings. The van der Waals surface area contributed by atoms with E-state index in [0.717, 1.165) is 29.0 Å². The standard InChI is InChI=1S/C26H44N7O18P3S/c1-13(2)17(35)25(39)55-8-7-28-15(34)5-6-29-23(38)20(37)26(3,4)10-48-54(45,46)51-53(43,44)47-9-14-19(50-52(40,41)42)18(36)24(49-14)33-12-32-16-21(27)30-11-31-22(16)33/h11-14,17-20,24,35-37H,5-10H2,1-4H3,(H,28,34)(H,29,38)(H,43,44)(H,45,46)(H2,27,30,31)(H2,40,41,42)/p-4/t14?,17-,18?,19?,20?,24?/m1/s1. The molecule has 2 aromatic heterocycles. The van der Waals surface area contributed by atoms with Gasteiger partial charge in [0, 0.05) is 30.7 Å². The third-order valence-corrected chi connectivity index (χ3v) is 11.5. The zero-order valence-corrected chi connectivity index (χ0v) is 33.0. The fourth-order valence-corrected chi connectivity index (χ4v) is 8.20. The van der Waals surface area contributed by atoms with Gasteiger partial charge in [0.05, 0.1) is 27.4 Å². The highest BCUT2D eigenvalue weighted by molar-refractivity contribution is 8.13. The van der Waals surface area contributed by atoms with E-state index in [1.165, 1.54) is 13.8 Å². The number of amides is 2. The summed E-state index contributed by atoms with van der Waals surface area (Å²) in [5.74, 6) is -1.71. The van der Waals surface area contributed by atoms with E-state index in [0.29, 0.717) is 0 Å². The summed E-state index contributed by atoms with van der Waals surface area (Å²) in [6.07, 6.45) is -8.82. The van der Waals surface area contributed by atoms with Crippen molar-refractivity contribution in [1.29, 1.82) is 0 Å². The molecule has 0 radical (unpaired) electrons. The lowest BCUT2D eigenvalue weighted by atomic mass is 9.87. The molecule has 25 nitrogen and oxygen atoms in total. The summed E-state index contributed by atoms with van der Waals surface area (Å²) in [5.41, 5.74) is 4.03. The molecule has 2 amide bonds. The van der Waals surface area contributed by atoms with Crippen molar-refractivity contribution in [2.75, 3.05) is 37.8 Å². The maximum Gasteiger partial charge on any atom is 0.274 e.